The number of halogens is 1. The van der Waals surface area contributed by atoms with E-state index in [0.29, 0.717) is 0 Å². The van der Waals surface area contributed by atoms with Crippen molar-refractivity contribution in [1.29, 1.82) is 0 Å². The first-order valence-corrected chi connectivity index (χ1v) is 4.95. The molecular weight excluding hydrogens is 206 g/mol. The Bertz CT molecular complexity index is 260. The molecule has 0 heterocycles. The first-order chi connectivity index (χ1) is 6.20. The van der Waals surface area contributed by atoms with Crippen LogP contribution < -0.4 is 11.2 Å². The molecule has 0 aromatic heterocycles. The van der Waals surface area contributed by atoms with Crippen LogP contribution in [0.5, 0.6) is 0 Å². The Labute approximate surface area is 88.0 Å². The molecule has 3 nitrogen and oxygen atoms in total. The van der Waals surface area contributed by atoms with Gasteiger partial charge in [-0.3, -0.25) is 5.43 Å². The smallest absolute Gasteiger partial charge is 0.184 e. The quantitative estimate of drug-likeness (QED) is 0.422. The van der Waals surface area contributed by atoms with E-state index in [1.807, 2.05) is 0 Å². The van der Waals surface area contributed by atoms with Crippen molar-refractivity contribution in [3.63, 3.8) is 0 Å². The molecule has 0 saturated heterocycles. The Morgan fingerprint density at radius 3 is 2.85 bits per heavy atom. The summed E-state index contributed by atoms with van der Waals surface area (Å²) in [6, 6.07) is 0. The van der Waals surface area contributed by atoms with Crippen molar-refractivity contribution in [3.05, 3.63) is 10.6 Å². The minimum absolute atomic E-state index is 0.170. The van der Waals surface area contributed by atoms with Crippen LogP contribution in [0.4, 0.5) is 0 Å². The Hall–Kier alpha value is -0.610. The van der Waals surface area contributed by atoms with Gasteiger partial charge >= 0.3 is 0 Å². The predicted octanol–water partition coefficient (Wildman–Crippen LogP) is 1.87. The number of hydrazone groups is 1. The first-order valence-electron chi connectivity index (χ1n) is 4.16. The van der Waals surface area contributed by atoms with Crippen LogP contribution in [0.15, 0.2) is 15.7 Å². The summed E-state index contributed by atoms with van der Waals surface area (Å²) >= 11 is 10.6. The van der Waals surface area contributed by atoms with Crippen molar-refractivity contribution >= 4 is 35.1 Å². The second-order valence-electron chi connectivity index (χ2n) is 2.87. The third-order valence-corrected chi connectivity index (χ3v) is 2.36. The highest BCUT2D eigenvalue weighted by atomic mass is 35.5. The van der Waals surface area contributed by atoms with Crippen molar-refractivity contribution < 1.29 is 0 Å². The van der Waals surface area contributed by atoms with E-state index in [1.54, 1.807) is 6.21 Å². The summed E-state index contributed by atoms with van der Waals surface area (Å²) < 4.78 is 0. The van der Waals surface area contributed by atoms with Crippen LogP contribution in [0.1, 0.15) is 25.7 Å². The standard InChI is InChI=1S/C8H12ClN3S/c9-7-4-2-1-3-6(7)5-11-12-8(10)13/h5H,1-4H2,(H3,10,12,13). The van der Waals surface area contributed by atoms with Gasteiger partial charge in [0.1, 0.15) is 0 Å². The average molecular weight is 218 g/mol. The molecule has 0 fully saturated rings. The van der Waals surface area contributed by atoms with E-state index in [9.17, 15) is 0 Å². The second kappa shape index (κ2) is 5.19. The van der Waals surface area contributed by atoms with E-state index < -0.39 is 0 Å². The average Bonchev–Trinajstić information content (AvgIpc) is 2.08. The maximum Gasteiger partial charge on any atom is 0.184 e. The van der Waals surface area contributed by atoms with Gasteiger partial charge in [0.25, 0.3) is 0 Å². The molecule has 1 aliphatic rings. The van der Waals surface area contributed by atoms with E-state index in [2.05, 4.69) is 22.7 Å². The van der Waals surface area contributed by atoms with Crippen LogP contribution in [-0.2, 0) is 0 Å². The summed E-state index contributed by atoms with van der Waals surface area (Å²) in [7, 11) is 0. The van der Waals surface area contributed by atoms with Crippen molar-refractivity contribution in [2.75, 3.05) is 0 Å². The molecule has 0 bridgehead atoms. The number of thiocarbonyl (C=S) groups is 1. The SMILES string of the molecule is NC(=S)NN=CC1=C(Cl)CCCC1. The van der Waals surface area contributed by atoms with E-state index in [-0.39, 0.29) is 5.11 Å². The van der Waals surface area contributed by atoms with E-state index in [4.69, 9.17) is 17.3 Å². The predicted molar refractivity (Wildman–Crippen MR) is 59.8 cm³/mol. The van der Waals surface area contributed by atoms with Crippen molar-refractivity contribution in [3.8, 4) is 0 Å². The van der Waals surface area contributed by atoms with Gasteiger partial charge < -0.3 is 5.73 Å². The number of nitrogens with one attached hydrogen (secondary N) is 1. The van der Waals surface area contributed by atoms with Crippen molar-refractivity contribution in [2.45, 2.75) is 25.7 Å². The number of nitrogens with two attached hydrogens (primary N) is 1. The number of hydrogen-bond donors (Lipinski definition) is 2. The lowest BCUT2D eigenvalue weighted by atomic mass is 10.0. The van der Waals surface area contributed by atoms with E-state index in [0.717, 1.165) is 23.4 Å². The third kappa shape index (κ3) is 3.74. The molecule has 0 atom stereocenters. The molecule has 0 aromatic carbocycles. The largest absolute Gasteiger partial charge is 0.375 e. The van der Waals surface area contributed by atoms with Crippen LogP contribution >= 0.6 is 23.8 Å². The molecule has 13 heavy (non-hydrogen) atoms. The van der Waals surface area contributed by atoms with Crippen LogP contribution in [0.2, 0.25) is 0 Å². The van der Waals surface area contributed by atoms with Crippen molar-refractivity contribution in [1.82, 2.24) is 5.43 Å². The maximum absolute atomic E-state index is 5.99. The van der Waals surface area contributed by atoms with Gasteiger partial charge in [-0.25, -0.2) is 0 Å². The summed E-state index contributed by atoms with van der Waals surface area (Å²) in [5.74, 6) is 0. The molecule has 0 aliphatic heterocycles. The first kappa shape index (κ1) is 10.5. The monoisotopic (exact) mass is 217 g/mol. The van der Waals surface area contributed by atoms with Crippen molar-refractivity contribution in [2.24, 2.45) is 10.8 Å². The summed E-state index contributed by atoms with van der Waals surface area (Å²) in [4.78, 5) is 0. The lowest BCUT2D eigenvalue weighted by Crippen LogP contribution is -2.24. The van der Waals surface area contributed by atoms with Gasteiger partial charge in [0.05, 0.1) is 6.21 Å². The lowest BCUT2D eigenvalue weighted by Gasteiger charge is -2.11. The minimum atomic E-state index is 0.170. The number of rotatable bonds is 2. The van der Waals surface area contributed by atoms with Gasteiger partial charge in [-0.05, 0) is 43.5 Å². The molecule has 1 aliphatic carbocycles. The Morgan fingerprint density at radius 2 is 2.23 bits per heavy atom. The van der Waals surface area contributed by atoms with Crippen LogP contribution in [0, 0.1) is 0 Å². The van der Waals surface area contributed by atoms with Crippen LogP contribution in [0.25, 0.3) is 0 Å². The molecule has 0 unspecified atom stereocenters. The fourth-order valence-corrected chi connectivity index (χ4v) is 1.53. The fraction of sp³-hybridized carbons (Fsp3) is 0.500. The van der Waals surface area contributed by atoms with Gasteiger partial charge in [-0.2, -0.15) is 5.10 Å². The Morgan fingerprint density at radius 1 is 1.54 bits per heavy atom. The molecule has 0 amide bonds. The third-order valence-electron chi connectivity index (χ3n) is 1.84. The Balaban J connectivity index is 2.51. The minimum Gasteiger partial charge on any atom is -0.375 e. The normalized spacial score (nSPS) is 17.9. The molecule has 5 heteroatoms. The number of hydrogen-bond acceptors (Lipinski definition) is 2. The zero-order valence-corrected chi connectivity index (χ0v) is 8.79. The van der Waals surface area contributed by atoms with Gasteiger partial charge in [0.15, 0.2) is 5.11 Å². The molecule has 0 aromatic rings. The zero-order chi connectivity index (χ0) is 9.68. The highest BCUT2D eigenvalue weighted by molar-refractivity contribution is 7.80. The molecule has 0 radical (unpaired) electrons. The summed E-state index contributed by atoms with van der Waals surface area (Å²) in [6.07, 6.45) is 5.97. The molecule has 0 spiro atoms. The van der Waals surface area contributed by atoms with E-state index in [1.165, 1.54) is 12.8 Å². The highest BCUT2D eigenvalue weighted by Crippen LogP contribution is 2.25. The molecule has 3 N–H and O–H groups in total. The number of allylic oxidation sites excluding steroid dienone is 2. The molecule has 1 rings (SSSR count). The topological polar surface area (TPSA) is 50.4 Å². The summed E-state index contributed by atoms with van der Waals surface area (Å²) in [6.45, 7) is 0. The summed E-state index contributed by atoms with van der Waals surface area (Å²) in [5.41, 5.74) is 8.78. The molecular formula is C8H12ClN3S. The zero-order valence-electron chi connectivity index (χ0n) is 7.22. The molecule has 0 saturated carbocycles. The lowest BCUT2D eigenvalue weighted by molar-refractivity contribution is 0.709. The second-order valence-corrected chi connectivity index (χ2v) is 3.77. The van der Waals surface area contributed by atoms with Gasteiger partial charge in [-0.15, -0.1) is 0 Å². The highest BCUT2D eigenvalue weighted by Gasteiger charge is 2.08. The van der Waals surface area contributed by atoms with Crippen LogP contribution in [-0.4, -0.2) is 11.3 Å². The number of nitrogens with zero attached hydrogens (tertiary/aromatic N) is 1. The fourth-order valence-electron chi connectivity index (χ4n) is 1.20. The van der Waals surface area contributed by atoms with Gasteiger partial charge in [0.2, 0.25) is 0 Å². The maximum atomic E-state index is 5.99. The van der Waals surface area contributed by atoms with Gasteiger partial charge in [-0.1, -0.05) is 11.6 Å². The molecule has 72 valence electrons. The van der Waals surface area contributed by atoms with Gasteiger partial charge in [0, 0.05) is 5.03 Å². The summed E-state index contributed by atoms with van der Waals surface area (Å²) in [5, 5.41) is 4.93. The van der Waals surface area contributed by atoms with Crippen LogP contribution in [0.3, 0.4) is 0 Å². The van der Waals surface area contributed by atoms with E-state index >= 15 is 0 Å². The Kier molecular flexibility index (Phi) is 4.18.